The maximum atomic E-state index is 14.2. The standard InChI is InChI=1S/C26H28FN3O2S/c27-21-9-4-6-19(14-21)16-30-24(20-7-2-1-3-8-20)22(31)15-26(25(30)32)10-5-12-29(18-26)17-23-28-11-13-33-23/h1-4,6-9,11,13-14,22,24,31H,5,10,12,15-18H2/t22-,24+,26+/m1/s1. The highest BCUT2D eigenvalue weighted by Crippen LogP contribution is 2.46. The smallest absolute Gasteiger partial charge is 0.231 e. The lowest BCUT2D eigenvalue weighted by molar-refractivity contribution is -0.166. The van der Waals surface area contributed by atoms with Gasteiger partial charge in [-0.05, 0) is 49.1 Å². The van der Waals surface area contributed by atoms with E-state index in [1.54, 1.807) is 28.5 Å². The van der Waals surface area contributed by atoms with Crippen LogP contribution >= 0.6 is 11.3 Å². The van der Waals surface area contributed by atoms with Crippen LogP contribution in [0, 0.1) is 11.2 Å². The predicted molar refractivity (Wildman–Crippen MR) is 126 cm³/mol. The summed E-state index contributed by atoms with van der Waals surface area (Å²) in [6.45, 7) is 2.50. The van der Waals surface area contributed by atoms with E-state index in [0.717, 1.165) is 42.1 Å². The van der Waals surface area contributed by atoms with Gasteiger partial charge in [0.15, 0.2) is 0 Å². The second-order valence-electron chi connectivity index (χ2n) is 9.21. The second kappa shape index (κ2) is 9.33. The maximum Gasteiger partial charge on any atom is 0.231 e. The molecule has 0 radical (unpaired) electrons. The molecule has 0 aliphatic carbocycles. The van der Waals surface area contributed by atoms with Crippen molar-refractivity contribution in [3.8, 4) is 0 Å². The maximum absolute atomic E-state index is 14.2. The topological polar surface area (TPSA) is 56.7 Å². The zero-order valence-corrected chi connectivity index (χ0v) is 19.3. The number of thiazole rings is 1. The molecule has 7 heteroatoms. The van der Waals surface area contributed by atoms with Gasteiger partial charge in [-0.15, -0.1) is 11.3 Å². The summed E-state index contributed by atoms with van der Waals surface area (Å²) in [5, 5.41) is 14.4. The highest BCUT2D eigenvalue weighted by molar-refractivity contribution is 7.09. The third-order valence-electron chi connectivity index (χ3n) is 6.90. The molecule has 2 aromatic carbocycles. The van der Waals surface area contributed by atoms with Gasteiger partial charge in [-0.3, -0.25) is 9.69 Å². The van der Waals surface area contributed by atoms with E-state index in [-0.39, 0.29) is 18.3 Å². The van der Waals surface area contributed by atoms with Crippen LogP contribution in [-0.2, 0) is 17.9 Å². The predicted octanol–water partition coefficient (Wildman–Crippen LogP) is 4.40. The van der Waals surface area contributed by atoms with Crippen LogP contribution in [0.2, 0.25) is 0 Å². The van der Waals surface area contributed by atoms with Crippen molar-refractivity contribution in [2.75, 3.05) is 13.1 Å². The number of amides is 1. The minimum Gasteiger partial charge on any atom is -0.391 e. The molecular formula is C26H28FN3O2S. The molecule has 3 aromatic rings. The number of hydrogen-bond donors (Lipinski definition) is 1. The Labute approximate surface area is 197 Å². The molecule has 5 rings (SSSR count). The average Bonchev–Trinajstić information content (AvgIpc) is 3.31. The molecule has 0 bridgehead atoms. The first kappa shape index (κ1) is 22.2. The molecule has 2 aliphatic rings. The molecule has 172 valence electrons. The highest BCUT2D eigenvalue weighted by Gasteiger charge is 2.53. The number of benzene rings is 2. The lowest BCUT2D eigenvalue weighted by Crippen LogP contribution is -2.60. The fraction of sp³-hybridized carbons (Fsp3) is 0.385. The Bertz CT molecular complexity index is 1090. The van der Waals surface area contributed by atoms with Crippen LogP contribution in [0.5, 0.6) is 0 Å². The van der Waals surface area contributed by atoms with Gasteiger partial charge in [0.2, 0.25) is 5.91 Å². The van der Waals surface area contributed by atoms with Crippen molar-refractivity contribution in [3.05, 3.63) is 88.1 Å². The molecule has 0 saturated carbocycles. The Morgan fingerprint density at radius 2 is 2.00 bits per heavy atom. The minimum absolute atomic E-state index is 0.0507. The Morgan fingerprint density at radius 3 is 2.76 bits per heavy atom. The molecule has 1 N–H and O–H groups in total. The van der Waals surface area contributed by atoms with E-state index in [1.165, 1.54) is 12.1 Å². The number of carbonyl (C=O) groups is 1. The number of piperidine rings is 2. The number of aliphatic hydroxyl groups is 1. The van der Waals surface area contributed by atoms with Gasteiger partial charge in [-0.1, -0.05) is 42.5 Å². The normalized spacial score (nSPS) is 26.1. The third-order valence-corrected chi connectivity index (χ3v) is 7.66. The second-order valence-corrected chi connectivity index (χ2v) is 10.2. The zero-order valence-electron chi connectivity index (χ0n) is 18.4. The van der Waals surface area contributed by atoms with Crippen LogP contribution in [0.1, 0.15) is 41.4 Å². The molecular weight excluding hydrogens is 437 g/mol. The lowest BCUT2D eigenvalue weighted by atomic mass is 9.69. The summed E-state index contributed by atoms with van der Waals surface area (Å²) < 4.78 is 13.9. The van der Waals surface area contributed by atoms with Gasteiger partial charge >= 0.3 is 0 Å². The van der Waals surface area contributed by atoms with E-state index in [1.807, 2.05) is 41.8 Å². The van der Waals surface area contributed by atoms with Crippen molar-refractivity contribution in [2.45, 2.75) is 44.5 Å². The average molecular weight is 466 g/mol. The van der Waals surface area contributed by atoms with Crippen molar-refractivity contribution in [2.24, 2.45) is 5.41 Å². The summed E-state index contributed by atoms with van der Waals surface area (Å²) in [5.41, 5.74) is 0.983. The number of halogens is 1. The summed E-state index contributed by atoms with van der Waals surface area (Å²) >= 11 is 1.62. The molecule has 2 aliphatic heterocycles. The third kappa shape index (κ3) is 4.58. The summed E-state index contributed by atoms with van der Waals surface area (Å²) in [4.78, 5) is 22.6. The van der Waals surface area contributed by atoms with Crippen LogP contribution in [-0.4, -0.2) is 45.0 Å². The first-order valence-corrected chi connectivity index (χ1v) is 12.3. The van der Waals surface area contributed by atoms with Crippen molar-refractivity contribution >= 4 is 17.2 Å². The number of carbonyl (C=O) groups excluding carboxylic acids is 1. The lowest BCUT2D eigenvalue weighted by Gasteiger charge is -2.52. The number of hydrogen-bond acceptors (Lipinski definition) is 5. The monoisotopic (exact) mass is 465 g/mol. The van der Waals surface area contributed by atoms with E-state index < -0.39 is 17.6 Å². The van der Waals surface area contributed by atoms with Crippen LogP contribution in [0.15, 0.2) is 66.2 Å². The number of nitrogens with zero attached hydrogens (tertiary/aromatic N) is 3. The fourth-order valence-corrected chi connectivity index (χ4v) is 6.18. The van der Waals surface area contributed by atoms with Gasteiger partial charge in [0.25, 0.3) is 0 Å². The molecule has 3 atom stereocenters. The van der Waals surface area contributed by atoms with Gasteiger partial charge in [-0.2, -0.15) is 0 Å². The molecule has 2 saturated heterocycles. The summed E-state index contributed by atoms with van der Waals surface area (Å²) in [6.07, 6.45) is 3.18. The van der Waals surface area contributed by atoms with E-state index >= 15 is 0 Å². The summed E-state index contributed by atoms with van der Waals surface area (Å²) in [5.74, 6) is -0.273. The van der Waals surface area contributed by atoms with Gasteiger partial charge in [-0.25, -0.2) is 9.37 Å². The van der Waals surface area contributed by atoms with Crippen LogP contribution in [0.3, 0.4) is 0 Å². The van der Waals surface area contributed by atoms with Crippen LogP contribution in [0.25, 0.3) is 0 Å². The van der Waals surface area contributed by atoms with E-state index in [0.29, 0.717) is 13.0 Å². The molecule has 33 heavy (non-hydrogen) atoms. The number of aliphatic hydroxyl groups excluding tert-OH is 1. The summed E-state index contributed by atoms with van der Waals surface area (Å²) in [6, 6.07) is 15.6. The summed E-state index contributed by atoms with van der Waals surface area (Å²) in [7, 11) is 0. The van der Waals surface area contributed by atoms with Crippen molar-refractivity contribution in [1.29, 1.82) is 0 Å². The van der Waals surface area contributed by atoms with Gasteiger partial charge in [0, 0.05) is 24.7 Å². The van der Waals surface area contributed by atoms with Crippen molar-refractivity contribution in [1.82, 2.24) is 14.8 Å². The Balaban J connectivity index is 1.47. The SMILES string of the molecule is O=C1N(Cc2cccc(F)c2)[C@@H](c2ccccc2)[C@H](O)C[C@]12CCCN(Cc1nccs1)C2. The van der Waals surface area contributed by atoms with Gasteiger partial charge < -0.3 is 10.0 Å². The first-order valence-electron chi connectivity index (χ1n) is 11.4. The van der Waals surface area contributed by atoms with E-state index in [9.17, 15) is 14.3 Å². The molecule has 0 unspecified atom stereocenters. The van der Waals surface area contributed by atoms with Crippen molar-refractivity contribution < 1.29 is 14.3 Å². The number of likely N-dealkylation sites (tertiary alicyclic amines) is 2. The van der Waals surface area contributed by atoms with Crippen molar-refractivity contribution in [3.63, 3.8) is 0 Å². The van der Waals surface area contributed by atoms with E-state index in [4.69, 9.17) is 0 Å². The highest BCUT2D eigenvalue weighted by atomic mass is 32.1. The number of rotatable bonds is 5. The molecule has 1 spiro atoms. The first-order chi connectivity index (χ1) is 16.0. The van der Waals surface area contributed by atoms with Crippen LogP contribution < -0.4 is 0 Å². The van der Waals surface area contributed by atoms with E-state index in [2.05, 4.69) is 9.88 Å². The Morgan fingerprint density at radius 1 is 1.15 bits per heavy atom. The molecule has 3 heterocycles. The largest absolute Gasteiger partial charge is 0.391 e. The zero-order chi connectivity index (χ0) is 22.8. The Hall–Kier alpha value is -2.61. The Kier molecular flexibility index (Phi) is 6.27. The number of aromatic nitrogens is 1. The molecule has 2 fully saturated rings. The van der Waals surface area contributed by atoms with Gasteiger partial charge in [0.1, 0.15) is 10.8 Å². The molecule has 1 aromatic heterocycles. The van der Waals surface area contributed by atoms with Crippen LogP contribution in [0.4, 0.5) is 4.39 Å². The molecule has 5 nitrogen and oxygen atoms in total. The quantitative estimate of drug-likeness (QED) is 0.607. The molecule has 1 amide bonds. The fourth-order valence-electron chi connectivity index (χ4n) is 5.52. The van der Waals surface area contributed by atoms with Gasteiger partial charge in [0.05, 0.1) is 24.1 Å². The minimum atomic E-state index is -0.696.